The molecule has 2 atom stereocenters. The Hall–Kier alpha value is -0.330. The third-order valence-corrected chi connectivity index (χ3v) is 4.37. The van der Waals surface area contributed by atoms with Crippen LogP contribution in [0.2, 0.25) is 0 Å². The zero-order valence-corrected chi connectivity index (χ0v) is 10.8. The van der Waals surface area contributed by atoms with E-state index in [1.165, 1.54) is 25.7 Å². The van der Waals surface area contributed by atoms with Crippen LogP contribution in [0.25, 0.3) is 0 Å². The first-order chi connectivity index (χ1) is 6.97. The van der Waals surface area contributed by atoms with Crippen LogP contribution in [0.3, 0.4) is 0 Å². The van der Waals surface area contributed by atoms with Gasteiger partial charge in [0.25, 0.3) is 0 Å². The van der Waals surface area contributed by atoms with E-state index in [1.807, 2.05) is 0 Å². The van der Waals surface area contributed by atoms with Crippen molar-refractivity contribution in [1.82, 2.24) is 0 Å². The van der Waals surface area contributed by atoms with Gasteiger partial charge in [-0.25, -0.2) is 0 Å². The van der Waals surface area contributed by atoms with E-state index in [-0.39, 0.29) is 5.41 Å². The topological polar surface area (TPSA) is 17.1 Å². The standard InChI is InChI=1S/C14H26O/c1-11(2)12-6-5-7-13(10-12)14(3,4)8-9-15/h9,11-13H,5-8,10H2,1-4H3. The normalized spacial score (nSPS) is 28.1. The fourth-order valence-electron chi connectivity index (χ4n) is 2.92. The Morgan fingerprint density at radius 1 is 1.33 bits per heavy atom. The van der Waals surface area contributed by atoms with Crippen molar-refractivity contribution in [2.45, 2.75) is 59.8 Å². The first-order valence-corrected chi connectivity index (χ1v) is 6.41. The smallest absolute Gasteiger partial charge is 0.120 e. The molecule has 0 bridgehead atoms. The largest absolute Gasteiger partial charge is 0.303 e. The highest BCUT2D eigenvalue weighted by molar-refractivity contribution is 5.50. The van der Waals surface area contributed by atoms with E-state index in [9.17, 15) is 4.79 Å². The molecule has 0 aromatic carbocycles. The Kier molecular flexibility index (Phi) is 4.36. The molecule has 0 aliphatic heterocycles. The lowest BCUT2D eigenvalue weighted by molar-refractivity contribution is -0.110. The van der Waals surface area contributed by atoms with Gasteiger partial charge in [-0.3, -0.25) is 0 Å². The summed E-state index contributed by atoms with van der Waals surface area (Å²) in [5, 5.41) is 0. The summed E-state index contributed by atoms with van der Waals surface area (Å²) in [6.45, 7) is 9.18. The van der Waals surface area contributed by atoms with Crippen LogP contribution in [0, 0.1) is 23.2 Å². The third-order valence-electron chi connectivity index (χ3n) is 4.37. The van der Waals surface area contributed by atoms with E-state index in [0.717, 1.165) is 30.5 Å². The van der Waals surface area contributed by atoms with Crippen LogP contribution in [0.5, 0.6) is 0 Å². The summed E-state index contributed by atoms with van der Waals surface area (Å²) in [5.41, 5.74) is 0.218. The van der Waals surface area contributed by atoms with Gasteiger partial charge in [-0.1, -0.05) is 40.5 Å². The Bertz CT molecular complexity index is 205. The maximum absolute atomic E-state index is 10.7. The van der Waals surface area contributed by atoms with Gasteiger partial charge in [-0.2, -0.15) is 0 Å². The molecule has 0 amide bonds. The van der Waals surface area contributed by atoms with Crippen molar-refractivity contribution in [2.24, 2.45) is 23.2 Å². The first-order valence-electron chi connectivity index (χ1n) is 6.41. The molecule has 1 rings (SSSR count). The summed E-state index contributed by atoms with van der Waals surface area (Å²) in [5.74, 6) is 2.44. The molecule has 2 unspecified atom stereocenters. The highest BCUT2D eigenvalue weighted by Gasteiger charge is 2.34. The van der Waals surface area contributed by atoms with Gasteiger partial charge in [0.2, 0.25) is 0 Å². The maximum atomic E-state index is 10.7. The molecule has 0 heterocycles. The van der Waals surface area contributed by atoms with Crippen molar-refractivity contribution in [3.8, 4) is 0 Å². The average Bonchev–Trinajstić information content (AvgIpc) is 2.18. The minimum Gasteiger partial charge on any atom is -0.303 e. The van der Waals surface area contributed by atoms with Gasteiger partial charge >= 0.3 is 0 Å². The predicted octanol–water partition coefficient (Wildman–Crippen LogP) is 4.06. The number of aldehydes is 1. The van der Waals surface area contributed by atoms with Crippen molar-refractivity contribution in [3.05, 3.63) is 0 Å². The summed E-state index contributed by atoms with van der Waals surface area (Å²) in [7, 11) is 0. The second kappa shape index (κ2) is 5.14. The average molecular weight is 210 g/mol. The molecular formula is C14H26O. The van der Waals surface area contributed by atoms with Gasteiger partial charge in [0, 0.05) is 6.42 Å². The van der Waals surface area contributed by atoms with E-state index in [4.69, 9.17) is 0 Å². The van der Waals surface area contributed by atoms with Crippen molar-refractivity contribution in [1.29, 1.82) is 0 Å². The van der Waals surface area contributed by atoms with Crippen LogP contribution < -0.4 is 0 Å². The number of hydrogen-bond donors (Lipinski definition) is 0. The van der Waals surface area contributed by atoms with Crippen molar-refractivity contribution in [3.63, 3.8) is 0 Å². The summed E-state index contributed by atoms with van der Waals surface area (Å²) in [6, 6.07) is 0. The summed E-state index contributed by atoms with van der Waals surface area (Å²) < 4.78 is 0. The minimum atomic E-state index is 0.218. The monoisotopic (exact) mass is 210 g/mol. The van der Waals surface area contributed by atoms with Gasteiger partial charge in [-0.15, -0.1) is 0 Å². The zero-order chi connectivity index (χ0) is 11.5. The lowest BCUT2D eigenvalue weighted by Crippen LogP contribution is -2.31. The number of hydrogen-bond acceptors (Lipinski definition) is 1. The molecule has 15 heavy (non-hydrogen) atoms. The fourth-order valence-corrected chi connectivity index (χ4v) is 2.92. The summed E-state index contributed by atoms with van der Waals surface area (Å²) in [4.78, 5) is 10.7. The number of carbonyl (C=O) groups excluding carboxylic acids is 1. The molecule has 0 N–H and O–H groups in total. The first kappa shape index (κ1) is 12.7. The van der Waals surface area contributed by atoms with Crippen LogP contribution in [-0.2, 0) is 4.79 Å². The lowest BCUT2D eigenvalue weighted by Gasteiger charge is -2.40. The molecule has 0 aromatic rings. The van der Waals surface area contributed by atoms with Crippen LogP contribution in [-0.4, -0.2) is 6.29 Å². The summed E-state index contributed by atoms with van der Waals surface area (Å²) >= 11 is 0. The zero-order valence-electron chi connectivity index (χ0n) is 10.8. The van der Waals surface area contributed by atoms with E-state index in [1.54, 1.807) is 0 Å². The molecule has 88 valence electrons. The van der Waals surface area contributed by atoms with Gasteiger partial charge in [0.05, 0.1) is 0 Å². The highest BCUT2D eigenvalue weighted by atomic mass is 16.1. The van der Waals surface area contributed by atoms with Crippen LogP contribution in [0.1, 0.15) is 59.8 Å². The lowest BCUT2D eigenvalue weighted by atomic mass is 9.65. The van der Waals surface area contributed by atoms with E-state index < -0.39 is 0 Å². The predicted molar refractivity (Wildman–Crippen MR) is 64.7 cm³/mol. The number of rotatable bonds is 4. The Morgan fingerprint density at radius 2 is 2.00 bits per heavy atom. The van der Waals surface area contributed by atoms with Gasteiger partial charge < -0.3 is 4.79 Å². The molecule has 1 aliphatic rings. The minimum absolute atomic E-state index is 0.218. The molecule has 0 aromatic heterocycles. The Labute approximate surface area is 94.6 Å². The van der Waals surface area contributed by atoms with Crippen LogP contribution in [0.15, 0.2) is 0 Å². The SMILES string of the molecule is CC(C)C1CCCC(C(C)(C)CC=O)C1. The summed E-state index contributed by atoms with van der Waals surface area (Å²) in [6.07, 6.45) is 7.23. The molecular weight excluding hydrogens is 184 g/mol. The van der Waals surface area contributed by atoms with Crippen molar-refractivity contribution in [2.75, 3.05) is 0 Å². The third kappa shape index (κ3) is 3.32. The molecule has 0 spiro atoms. The number of carbonyl (C=O) groups is 1. The quantitative estimate of drug-likeness (QED) is 0.639. The van der Waals surface area contributed by atoms with Gasteiger partial charge in [0.1, 0.15) is 6.29 Å². The molecule has 1 aliphatic carbocycles. The Balaban J connectivity index is 2.58. The van der Waals surface area contributed by atoms with Crippen molar-refractivity contribution >= 4 is 6.29 Å². The van der Waals surface area contributed by atoms with Gasteiger partial charge in [0.15, 0.2) is 0 Å². The van der Waals surface area contributed by atoms with Crippen LogP contribution >= 0.6 is 0 Å². The molecule has 0 saturated heterocycles. The fraction of sp³-hybridized carbons (Fsp3) is 0.929. The second-order valence-electron chi connectivity index (χ2n) is 6.23. The van der Waals surface area contributed by atoms with E-state index in [2.05, 4.69) is 27.7 Å². The molecule has 1 heteroatoms. The molecule has 0 radical (unpaired) electrons. The van der Waals surface area contributed by atoms with E-state index >= 15 is 0 Å². The Morgan fingerprint density at radius 3 is 2.53 bits per heavy atom. The molecule has 1 saturated carbocycles. The maximum Gasteiger partial charge on any atom is 0.120 e. The van der Waals surface area contributed by atoms with Crippen LogP contribution in [0.4, 0.5) is 0 Å². The van der Waals surface area contributed by atoms with Crippen molar-refractivity contribution < 1.29 is 4.79 Å². The highest BCUT2D eigenvalue weighted by Crippen LogP contribution is 2.43. The molecule has 1 nitrogen and oxygen atoms in total. The second-order valence-corrected chi connectivity index (χ2v) is 6.23. The molecule has 1 fully saturated rings. The van der Waals surface area contributed by atoms with Gasteiger partial charge in [-0.05, 0) is 36.0 Å². The van der Waals surface area contributed by atoms with E-state index in [0.29, 0.717) is 0 Å².